The number of aromatic hydroxyl groups is 2. The van der Waals surface area contributed by atoms with Crippen LogP contribution in [0.1, 0.15) is 47.8 Å². The maximum Gasteiger partial charge on any atom is 0.358 e. The number of rotatable bonds is 7. The number of carboxylic acids is 1. The highest BCUT2D eigenvalue weighted by atomic mass is 16.4. The van der Waals surface area contributed by atoms with Crippen LogP contribution >= 0.6 is 0 Å². The molecule has 0 aliphatic carbocycles. The SMILES string of the molecule is CC(C)c1cc(-n2nnc(C(=O)O)c2-c2ccc(CN3CC[C@H](N(C)C)C3)cc2)c(O)cc1O. The van der Waals surface area contributed by atoms with E-state index in [9.17, 15) is 20.1 Å². The summed E-state index contributed by atoms with van der Waals surface area (Å²) >= 11 is 0. The highest BCUT2D eigenvalue weighted by Crippen LogP contribution is 2.36. The Labute approximate surface area is 198 Å². The van der Waals surface area contributed by atoms with Gasteiger partial charge in [-0.05, 0) is 43.6 Å². The predicted octanol–water partition coefficient (Wildman–Crippen LogP) is 3.30. The number of hydrogen-bond acceptors (Lipinski definition) is 7. The number of nitrogens with zero attached hydrogens (tertiary/aromatic N) is 5. The average Bonchev–Trinajstić information content (AvgIpc) is 3.42. The first-order valence-electron chi connectivity index (χ1n) is 11.4. The molecule has 1 aliphatic heterocycles. The molecule has 0 amide bonds. The highest BCUT2D eigenvalue weighted by molar-refractivity contribution is 5.93. The van der Waals surface area contributed by atoms with Gasteiger partial charge < -0.3 is 20.2 Å². The van der Waals surface area contributed by atoms with E-state index < -0.39 is 5.97 Å². The van der Waals surface area contributed by atoms with E-state index in [2.05, 4.69) is 34.2 Å². The molecule has 34 heavy (non-hydrogen) atoms. The first-order chi connectivity index (χ1) is 16.2. The molecule has 1 aromatic heterocycles. The maximum atomic E-state index is 11.9. The van der Waals surface area contributed by atoms with Gasteiger partial charge in [-0.2, -0.15) is 0 Å². The lowest BCUT2D eigenvalue weighted by Gasteiger charge is -2.20. The zero-order valence-corrected chi connectivity index (χ0v) is 19.9. The molecular weight excluding hydrogens is 434 g/mol. The molecule has 1 saturated heterocycles. The minimum atomic E-state index is -1.21. The largest absolute Gasteiger partial charge is 0.508 e. The van der Waals surface area contributed by atoms with Crippen molar-refractivity contribution in [3.63, 3.8) is 0 Å². The summed E-state index contributed by atoms with van der Waals surface area (Å²) in [5.74, 6) is -1.47. The van der Waals surface area contributed by atoms with E-state index in [1.807, 2.05) is 38.1 Å². The molecule has 0 unspecified atom stereocenters. The lowest BCUT2D eigenvalue weighted by molar-refractivity contribution is 0.0691. The second-order valence-corrected chi connectivity index (χ2v) is 9.40. The van der Waals surface area contributed by atoms with Crippen LogP contribution in [0.25, 0.3) is 16.9 Å². The summed E-state index contributed by atoms with van der Waals surface area (Å²) in [6, 6.07) is 11.1. The van der Waals surface area contributed by atoms with Crippen LogP contribution in [0.3, 0.4) is 0 Å². The number of hydrogen-bond donors (Lipinski definition) is 3. The molecule has 0 spiro atoms. The first-order valence-corrected chi connectivity index (χ1v) is 11.4. The average molecular weight is 466 g/mol. The zero-order chi connectivity index (χ0) is 24.6. The standard InChI is InChI=1S/C25H31N5O4/c1-15(2)19-11-20(22(32)12-21(19)31)30-24(23(25(33)34)26-27-30)17-7-5-16(6-8-17)13-29-10-9-18(14-29)28(3)4/h5-8,11-12,15,18,31-32H,9-10,13-14H2,1-4H3,(H,33,34)/t18-/m0/s1. The van der Waals surface area contributed by atoms with Crippen molar-refractivity contribution in [3.8, 4) is 28.4 Å². The summed E-state index contributed by atoms with van der Waals surface area (Å²) in [6.45, 7) is 6.72. The van der Waals surface area contributed by atoms with Crippen LogP contribution < -0.4 is 0 Å². The molecule has 1 fully saturated rings. The van der Waals surface area contributed by atoms with Gasteiger partial charge >= 0.3 is 5.97 Å². The molecule has 3 aromatic rings. The summed E-state index contributed by atoms with van der Waals surface area (Å²) in [5, 5.41) is 38.4. The van der Waals surface area contributed by atoms with Gasteiger partial charge in [0.1, 0.15) is 22.9 Å². The molecule has 3 N–H and O–H groups in total. The van der Waals surface area contributed by atoms with Crippen LogP contribution in [0, 0.1) is 0 Å². The van der Waals surface area contributed by atoms with Crippen molar-refractivity contribution in [2.75, 3.05) is 27.2 Å². The number of benzene rings is 2. The number of aromatic nitrogens is 3. The fraction of sp³-hybridized carbons (Fsp3) is 0.400. The molecule has 0 radical (unpaired) electrons. The molecule has 180 valence electrons. The quantitative estimate of drug-likeness (QED) is 0.487. The third-order valence-corrected chi connectivity index (χ3v) is 6.46. The van der Waals surface area contributed by atoms with Crippen LogP contribution in [0.15, 0.2) is 36.4 Å². The smallest absolute Gasteiger partial charge is 0.358 e. The van der Waals surface area contributed by atoms with Gasteiger partial charge in [-0.1, -0.05) is 43.3 Å². The number of phenolic OH excluding ortho intramolecular Hbond substituents is 2. The third kappa shape index (κ3) is 4.62. The van der Waals surface area contributed by atoms with Crippen molar-refractivity contribution >= 4 is 5.97 Å². The number of carboxylic acid groups (broad SMARTS) is 1. The van der Waals surface area contributed by atoms with E-state index in [0.29, 0.717) is 17.2 Å². The Bertz CT molecular complexity index is 1190. The minimum Gasteiger partial charge on any atom is -0.508 e. The van der Waals surface area contributed by atoms with Crippen LogP contribution in [-0.4, -0.2) is 79.3 Å². The Balaban J connectivity index is 1.68. The van der Waals surface area contributed by atoms with Crippen LogP contribution in [-0.2, 0) is 6.54 Å². The van der Waals surface area contributed by atoms with Crippen molar-refractivity contribution in [2.45, 2.75) is 38.8 Å². The van der Waals surface area contributed by atoms with Crippen LogP contribution in [0.5, 0.6) is 11.5 Å². The molecule has 2 aromatic carbocycles. The second kappa shape index (κ2) is 9.44. The van der Waals surface area contributed by atoms with Gasteiger partial charge in [0.05, 0.1) is 0 Å². The molecule has 1 atom stereocenters. The van der Waals surface area contributed by atoms with Crippen molar-refractivity contribution in [2.24, 2.45) is 0 Å². The van der Waals surface area contributed by atoms with Crippen molar-refractivity contribution in [1.29, 1.82) is 0 Å². The Morgan fingerprint density at radius 1 is 1.15 bits per heavy atom. The van der Waals surface area contributed by atoms with E-state index in [0.717, 1.165) is 31.6 Å². The molecular formula is C25H31N5O4. The summed E-state index contributed by atoms with van der Waals surface area (Å²) in [4.78, 5) is 16.6. The van der Waals surface area contributed by atoms with E-state index in [-0.39, 0.29) is 34.5 Å². The van der Waals surface area contributed by atoms with Crippen molar-refractivity contribution < 1.29 is 20.1 Å². The number of likely N-dealkylation sites (N-methyl/N-ethyl adjacent to an activating group) is 1. The van der Waals surface area contributed by atoms with E-state index in [1.54, 1.807) is 6.07 Å². The second-order valence-electron chi connectivity index (χ2n) is 9.40. The summed E-state index contributed by atoms with van der Waals surface area (Å²) in [6.07, 6.45) is 1.15. The van der Waals surface area contributed by atoms with E-state index in [1.165, 1.54) is 10.7 Å². The Morgan fingerprint density at radius 2 is 1.85 bits per heavy atom. The van der Waals surface area contributed by atoms with Crippen molar-refractivity contribution in [3.05, 3.63) is 53.2 Å². The van der Waals surface area contributed by atoms with Gasteiger partial charge in [0, 0.05) is 37.3 Å². The number of likely N-dealkylation sites (tertiary alicyclic amines) is 1. The molecule has 1 aliphatic rings. The number of aromatic carboxylic acids is 1. The highest BCUT2D eigenvalue weighted by Gasteiger charge is 2.26. The number of carbonyl (C=O) groups is 1. The Kier molecular flexibility index (Phi) is 6.58. The zero-order valence-electron chi connectivity index (χ0n) is 19.9. The van der Waals surface area contributed by atoms with Gasteiger partial charge in [-0.25, -0.2) is 9.48 Å². The third-order valence-electron chi connectivity index (χ3n) is 6.46. The van der Waals surface area contributed by atoms with Gasteiger partial charge in [-0.3, -0.25) is 4.90 Å². The fourth-order valence-electron chi connectivity index (χ4n) is 4.47. The topological polar surface area (TPSA) is 115 Å². The minimum absolute atomic E-state index is 0.0118. The normalized spacial score (nSPS) is 16.6. The van der Waals surface area contributed by atoms with Gasteiger partial charge in [-0.15, -0.1) is 5.10 Å². The maximum absolute atomic E-state index is 11.9. The summed E-state index contributed by atoms with van der Waals surface area (Å²) in [5.41, 5.74) is 2.68. The number of phenols is 2. The van der Waals surface area contributed by atoms with Crippen LogP contribution in [0.4, 0.5) is 0 Å². The molecule has 9 nitrogen and oxygen atoms in total. The molecule has 4 rings (SSSR count). The van der Waals surface area contributed by atoms with E-state index >= 15 is 0 Å². The lowest BCUT2D eigenvalue weighted by atomic mass is 10.0. The monoisotopic (exact) mass is 465 g/mol. The van der Waals surface area contributed by atoms with Gasteiger partial charge in [0.2, 0.25) is 0 Å². The summed E-state index contributed by atoms with van der Waals surface area (Å²) < 4.78 is 1.32. The van der Waals surface area contributed by atoms with Crippen LogP contribution in [0.2, 0.25) is 0 Å². The summed E-state index contributed by atoms with van der Waals surface area (Å²) in [7, 11) is 4.21. The fourth-order valence-corrected chi connectivity index (χ4v) is 4.47. The van der Waals surface area contributed by atoms with Crippen molar-refractivity contribution in [1.82, 2.24) is 24.8 Å². The van der Waals surface area contributed by atoms with Gasteiger partial charge in [0.25, 0.3) is 0 Å². The first kappa shape index (κ1) is 23.7. The molecule has 2 heterocycles. The van der Waals surface area contributed by atoms with E-state index in [4.69, 9.17) is 0 Å². The van der Waals surface area contributed by atoms with Gasteiger partial charge in [0.15, 0.2) is 5.69 Å². The Hall–Kier alpha value is -3.43. The lowest BCUT2D eigenvalue weighted by Crippen LogP contribution is -2.31. The Morgan fingerprint density at radius 3 is 2.44 bits per heavy atom. The molecule has 0 bridgehead atoms. The predicted molar refractivity (Wildman–Crippen MR) is 129 cm³/mol. The molecule has 9 heteroatoms. The molecule has 0 saturated carbocycles.